The molecule has 0 aromatic heterocycles. The highest BCUT2D eigenvalue weighted by atomic mass is 19.1. The fourth-order valence-electron chi connectivity index (χ4n) is 3.60. The van der Waals surface area contributed by atoms with Gasteiger partial charge in [-0.05, 0) is 44.1 Å². The maximum absolute atomic E-state index is 13.8. The Morgan fingerprint density at radius 1 is 1.14 bits per heavy atom. The van der Waals surface area contributed by atoms with Gasteiger partial charge < -0.3 is 14.6 Å². The van der Waals surface area contributed by atoms with Gasteiger partial charge in [0, 0.05) is 18.2 Å². The number of methoxy groups -OCH3 is 2. The van der Waals surface area contributed by atoms with Gasteiger partial charge in [-0.15, -0.1) is 0 Å². The molecule has 1 aliphatic heterocycles. The molecule has 6 heteroatoms. The lowest BCUT2D eigenvalue weighted by Gasteiger charge is -2.28. The number of ether oxygens (including phenoxy) is 2. The third kappa shape index (κ3) is 4.77. The molecule has 5 nitrogen and oxygen atoms in total. The molecule has 1 saturated heterocycles. The first kappa shape index (κ1) is 20.9. The van der Waals surface area contributed by atoms with E-state index in [1.165, 1.54) is 38.9 Å². The fraction of sp³-hybridized carbons (Fsp3) is 0.348. The van der Waals surface area contributed by atoms with E-state index >= 15 is 0 Å². The van der Waals surface area contributed by atoms with Crippen molar-refractivity contribution in [2.24, 2.45) is 0 Å². The van der Waals surface area contributed by atoms with E-state index in [2.05, 4.69) is 4.90 Å². The number of carbonyl (C=O) groups excluding carboxylic acids is 1. The molecule has 0 aliphatic carbocycles. The molecule has 29 heavy (non-hydrogen) atoms. The van der Waals surface area contributed by atoms with Crippen molar-refractivity contribution >= 4 is 11.9 Å². The minimum atomic E-state index is -0.467. The quantitative estimate of drug-likeness (QED) is 0.551. The molecule has 0 saturated carbocycles. The lowest BCUT2D eigenvalue weighted by Crippen LogP contribution is -2.29. The van der Waals surface area contributed by atoms with Crippen LogP contribution < -0.4 is 9.47 Å². The Hall–Kier alpha value is -2.86. The van der Waals surface area contributed by atoms with Crippen molar-refractivity contribution in [3.8, 4) is 17.2 Å². The first-order chi connectivity index (χ1) is 14.0. The fourth-order valence-corrected chi connectivity index (χ4v) is 3.60. The lowest BCUT2D eigenvalue weighted by atomic mass is 10.00. The molecule has 0 unspecified atom stereocenters. The van der Waals surface area contributed by atoms with E-state index in [4.69, 9.17) is 9.47 Å². The highest BCUT2D eigenvalue weighted by Crippen LogP contribution is 2.40. The highest BCUT2D eigenvalue weighted by Gasteiger charge is 2.25. The Morgan fingerprint density at radius 2 is 1.83 bits per heavy atom. The molecule has 0 amide bonds. The van der Waals surface area contributed by atoms with Crippen LogP contribution in [0, 0.1) is 5.82 Å². The molecule has 3 rings (SSSR count). The zero-order valence-corrected chi connectivity index (χ0v) is 16.8. The first-order valence-corrected chi connectivity index (χ1v) is 9.71. The van der Waals surface area contributed by atoms with Crippen LogP contribution in [0.3, 0.4) is 0 Å². The van der Waals surface area contributed by atoms with E-state index in [1.54, 1.807) is 24.3 Å². The molecule has 2 aromatic rings. The summed E-state index contributed by atoms with van der Waals surface area (Å²) in [6.07, 6.45) is 6.05. The maximum atomic E-state index is 13.8. The Balaban J connectivity index is 1.96. The largest absolute Gasteiger partial charge is 0.507 e. The topological polar surface area (TPSA) is 59.0 Å². The van der Waals surface area contributed by atoms with Crippen molar-refractivity contribution in [3.05, 3.63) is 58.9 Å². The summed E-state index contributed by atoms with van der Waals surface area (Å²) in [5.74, 6) is -0.363. The van der Waals surface area contributed by atoms with Crippen LogP contribution in [-0.2, 0) is 6.54 Å². The molecule has 1 fully saturated rings. The van der Waals surface area contributed by atoms with Crippen LogP contribution in [0.5, 0.6) is 17.2 Å². The summed E-state index contributed by atoms with van der Waals surface area (Å²) in [4.78, 5) is 15.1. The Morgan fingerprint density at radius 3 is 2.48 bits per heavy atom. The molecule has 1 N–H and O–H groups in total. The van der Waals surface area contributed by atoms with Crippen LogP contribution in [-0.4, -0.2) is 43.1 Å². The number of nitrogens with zero attached hydrogens (tertiary/aromatic N) is 1. The summed E-state index contributed by atoms with van der Waals surface area (Å²) in [6.45, 7) is 2.35. The standard InChI is InChI=1S/C23H26FNO4/c1-28-20-14-21(29-2)22(19(26)11-10-16-8-4-5-9-18(16)24)23(27)17(20)15-25-12-6-3-7-13-25/h4-5,8-11,14,27H,3,6-7,12-13,15H2,1-2H3/b11-10+. The molecule has 0 atom stereocenters. The van der Waals surface area contributed by atoms with Gasteiger partial charge in [0.05, 0.1) is 19.8 Å². The number of halogens is 1. The van der Waals surface area contributed by atoms with E-state index in [0.29, 0.717) is 23.4 Å². The number of aromatic hydroxyl groups is 1. The van der Waals surface area contributed by atoms with Gasteiger partial charge in [0.25, 0.3) is 0 Å². The van der Waals surface area contributed by atoms with E-state index in [1.807, 2.05) is 0 Å². The van der Waals surface area contributed by atoms with Crippen LogP contribution in [0.1, 0.15) is 40.7 Å². The predicted octanol–water partition coefficient (Wildman–Crippen LogP) is 4.43. The monoisotopic (exact) mass is 399 g/mol. The molecule has 1 aliphatic rings. The smallest absolute Gasteiger partial charge is 0.193 e. The zero-order valence-electron chi connectivity index (χ0n) is 16.8. The van der Waals surface area contributed by atoms with Gasteiger partial charge in [-0.2, -0.15) is 0 Å². The van der Waals surface area contributed by atoms with Crippen LogP contribution in [0.25, 0.3) is 6.08 Å². The number of rotatable bonds is 7. The van der Waals surface area contributed by atoms with Crippen molar-refractivity contribution in [2.75, 3.05) is 27.3 Å². The number of carbonyl (C=O) groups is 1. The average Bonchev–Trinajstić information content (AvgIpc) is 2.74. The Labute approximate surface area is 170 Å². The number of benzene rings is 2. The van der Waals surface area contributed by atoms with Crippen molar-refractivity contribution in [1.29, 1.82) is 0 Å². The Kier molecular flexibility index (Phi) is 6.88. The van der Waals surface area contributed by atoms with Crippen LogP contribution in [0.15, 0.2) is 36.4 Å². The van der Waals surface area contributed by atoms with Gasteiger partial charge in [0.2, 0.25) is 0 Å². The summed E-state index contributed by atoms with van der Waals surface area (Å²) in [6, 6.07) is 7.79. The molecule has 2 aromatic carbocycles. The number of likely N-dealkylation sites (tertiary alicyclic amines) is 1. The predicted molar refractivity (Wildman–Crippen MR) is 110 cm³/mol. The minimum Gasteiger partial charge on any atom is -0.507 e. The van der Waals surface area contributed by atoms with E-state index in [9.17, 15) is 14.3 Å². The molecule has 0 bridgehead atoms. The van der Waals surface area contributed by atoms with Gasteiger partial charge in [-0.25, -0.2) is 4.39 Å². The normalized spacial score (nSPS) is 14.9. The van der Waals surface area contributed by atoms with Gasteiger partial charge in [0.15, 0.2) is 5.78 Å². The van der Waals surface area contributed by atoms with Gasteiger partial charge in [-0.1, -0.05) is 24.6 Å². The van der Waals surface area contributed by atoms with Crippen molar-refractivity contribution in [2.45, 2.75) is 25.8 Å². The number of allylic oxidation sites excluding steroid dienone is 1. The van der Waals surface area contributed by atoms with Gasteiger partial charge in [0.1, 0.15) is 28.6 Å². The summed E-state index contributed by atoms with van der Waals surface area (Å²) in [7, 11) is 2.95. The third-order valence-electron chi connectivity index (χ3n) is 5.16. The molecule has 1 heterocycles. The minimum absolute atomic E-state index is 0.0490. The second-order valence-electron chi connectivity index (χ2n) is 7.04. The number of phenols is 1. The van der Waals surface area contributed by atoms with Gasteiger partial charge in [-0.3, -0.25) is 9.69 Å². The molecule has 0 radical (unpaired) electrons. The molecular formula is C23H26FNO4. The average molecular weight is 399 g/mol. The molecular weight excluding hydrogens is 373 g/mol. The van der Waals surface area contributed by atoms with Crippen LogP contribution in [0.2, 0.25) is 0 Å². The van der Waals surface area contributed by atoms with Crippen molar-refractivity contribution in [3.63, 3.8) is 0 Å². The van der Waals surface area contributed by atoms with Crippen molar-refractivity contribution < 1.29 is 23.8 Å². The maximum Gasteiger partial charge on any atom is 0.193 e. The summed E-state index contributed by atoms with van der Waals surface area (Å²) < 4.78 is 24.6. The molecule has 154 valence electrons. The second kappa shape index (κ2) is 9.56. The molecule has 0 spiro atoms. The number of hydrogen-bond acceptors (Lipinski definition) is 5. The summed E-state index contributed by atoms with van der Waals surface area (Å²) in [5, 5.41) is 11.0. The zero-order chi connectivity index (χ0) is 20.8. The first-order valence-electron chi connectivity index (χ1n) is 9.71. The number of ketones is 1. The van der Waals surface area contributed by atoms with E-state index in [-0.39, 0.29) is 17.1 Å². The second-order valence-corrected chi connectivity index (χ2v) is 7.04. The van der Waals surface area contributed by atoms with E-state index in [0.717, 1.165) is 25.9 Å². The summed E-state index contributed by atoms with van der Waals surface area (Å²) in [5.41, 5.74) is 0.895. The SMILES string of the molecule is COc1cc(OC)c(C(=O)/C=C/c2ccccc2F)c(O)c1CN1CCCCC1. The van der Waals surface area contributed by atoms with Crippen molar-refractivity contribution in [1.82, 2.24) is 4.90 Å². The van der Waals surface area contributed by atoms with Gasteiger partial charge >= 0.3 is 0 Å². The van der Waals surface area contributed by atoms with Crippen LogP contribution >= 0.6 is 0 Å². The number of phenolic OH excluding ortho intramolecular Hbond substituents is 1. The van der Waals surface area contributed by atoms with E-state index < -0.39 is 11.6 Å². The summed E-state index contributed by atoms with van der Waals surface area (Å²) >= 11 is 0. The number of piperidine rings is 1. The van der Waals surface area contributed by atoms with Crippen LogP contribution in [0.4, 0.5) is 4.39 Å². The third-order valence-corrected chi connectivity index (χ3v) is 5.16. The Bertz CT molecular complexity index is 904. The lowest BCUT2D eigenvalue weighted by molar-refractivity contribution is 0.104. The highest BCUT2D eigenvalue weighted by molar-refractivity contribution is 6.11. The number of hydrogen-bond donors (Lipinski definition) is 1.